The predicted molar refractivity (Wildman–Crippen MR) is 111 cm³/mol. The van der Waals surface area contributed by atoms with Crippen molar-refractivity contribution in [3.8, 4) is 11.1 Å². The predicted octanol–water partition coefficient (Wildman–Crippen LogP) is 3.78. The van der Waals surface area contributed by atoms with Crippen molar-refractivity contribution in [2.75, 3.05) is 36.0 Å². The second-order valence-electron chi connectivity index (χ2n) is 6.77. The molecule has 1 aliphatic rings. The van der Waals surface area contributed by atoms with E-state index in [1.54, 1.807) is 6.07 Å². The highest BCUT2D eigenvalue weighted by Crippen LogP contribution is 2.27. The molecule has 0 bridgehead atoms. The molecule has 4 nitrogen and oxygen atoms in total. The average molecular weight is 357 g/mol. The number of carbonyl (C=O) groups excluding carboxylic acids is 1. The zero-order chi connectivity index (χ0) is 18.6. The smallest absolute Gasteiger partial charge is 0.249 e. The van der Waals surface area contributed by atoms with E-state index in [4.69, 9.17) is 5.73 Å². The molecule has 0 radical (unpaired) electrons. The van der Waals surface area contributed by atoms with Gasteiger partial charge in [0.2, 0.25) is 5.91 Å². The summed E-state index contributed by atoms with van der Waals surface area (Å²) in [4.78, 5) is 16.5. The summed E-state index contributed by atoms with van der Waals surface area (Å²) in [6, 6.07) is 26.4. The summed E-state index contributed by atoms with van der Waals surface area (Å²) < 4.78 is 0. The minimum absolute atomic E-state index is 0.397. The number of nitrogens with two attached hydrogens (primary N) is 1. The van der Waals surface area contributed by atoms with Crippen LogP contribution in [0.25, 0.3) is 11.1 Å². The fourth-order valence-electron chi connectivity index (χ4n) is 3.66. The maximum atomic E-state index is 11.7. The van der Waals surface area contributed by atoms with Crippen molar-refractivity contribution in [3.63, 3.8) is 0 Å². The number of primary amides is 1. The normalized spacial score (nSPS) is 14.2. The Kier molecular flexibility index (Phi) is 4.79. The lowest BCUT2D eigenvalue weighted by Gasteiger charge is -2.37. The number of rotatable bonds is 4. The molecule has 0 atom stereocenters. The summed E-state index contributed by atoms with van der Waals surface area (Å²) in [5, 5.41) is 0. The number of para-hydroxylation sites is 1. The number of piperazine rings is 1. The quantitative estimate of drug-likeness (QED) is 0.773. The number of carbonyl (C=O) groups is 1. The Morgan fingerprint density at radius 1 is 0.667 bits per heavy atom. The van der Waals surface area contributed by atoms with Crippen LogP contribution in [-0.2, 0) is 0 Å². The fraction of sp³-hybridized carbons (Fsp3) is 0.174. The molecule has 0 unspecified atom stereocenters. The van der Waals surface area contributed by atoms with Crippen LogP contribution in [0.4, 0.5) is 11.4 Å². The van der Waals surface area contributed by atoms with Gasteiger partial charge in [-0.05, 0) is 41.5 Å². The number of amides is 1. The van der Waals surface area contributed by atoms with Gasteiger partial charge in [0.05, 0.1) is 0 Å². The Morgan fingerprint density at radius 3 is 1.78 bits per heavy atom. The molecular formula is C23H23N3O. The summed E-state index contributed by atoms with van der Waals surface area (Å²) >= 11 is 0. The van der Waals surface area contributed by atoms with Gasteiger partial charge < -0.3 is 15.5 Å². The second kappa shape index (κ2) is 7.54. The van der Waals surface area contributed by atoms with Crippen molar-refractivity contribution in [3.05, 3.63) is 84.4 Å². The number of hydrogen-bond acceptors (Lipinski definition) is 3. The SMILES string of the molecule is NC(=O)c1ccccc1-c1ccc(N2CCN(c3ccccc3)CC2)cc1. The maximum Gasteiger partial charge on any atom is 0.249 e. The summed E-state index contributed by atoms with van der Waals surface area (Å²) in [5.41, 5.74) is 10.5. The van der Waals surface area contributed by atoms with Crippen molar-refractivity contribution >= 4 is 17.3 Å². The lowest BCUT2D eigenvalue weighted by atomic mass is 9.99. The molecule has 27 heavy (non-hydrogen) atoms. The molecule has 0 aliphatic carbocycles. The van der Waals surface area contributed by atoms with Gasteiger partial charge in [-0.25, -0.2) is 0 Å². The zero-order valence-electron chi connectivity index (χ0n) is 15.2. The van der Waals surface area contributed by atoms with Crippen LogP contribution in [0.15, 0.2) is 78.9 Å². The molecule has 1 aliphatic heterocycles. The first-order valence-corrected chi connectivity index (χ1v) is 9.26. The van der Waals surface area contributed by atoms with Gasteiger partial charge >= 0.3 is 0 Å². The van der Waals surface area contributed by atoms with Gasteiger partial charge in [-0.15, -0.1) is 0 Å². The van der Waals surface area contributed by atoms with Crippen LogP contribution in [0.5, 0.6) is 0 Å². The number of anilines is 2. The van der Waals surface area contributed by atoms with E-state index in [0.29, 0.717) is 5.56 Å². The van der Waals surface area contributed by atoms with Gasteiger partial charge in [0, 0.05) is 43.1 Å². The Bertz CT molecular complexity index is 914. The molecule has 3 aromatic rings. The molecule has 136 valence electrons. The molecule has 1 saturated heterocycles. The van der Waals surface area contributed by atoms with Gasteiger partial charge in [-0.2, -0.15) is 0 Å². The Morgan fingerprint density at radius 2 is 1.19 bits per heavy atom. The van der Waals surface area contributed by atoms with Crippen LogP contribution in [0.1, 0.15) is 10.4 Å². The van der Waals surface area contributed by atoms with Crippen molar-refractivity contribution in [1.29, 1.82) is 0 Å². The van der Waals surface area contributed by atoms with Crippen LogP contribution in [0.2, 0.25) is 0 Å². The molecule has 1 fully saturated rings. The van der Waals surface area contributed by atoms with E-state index in [1.807, 2.05) is 18.2 Å². The molecule has 0 spiro atoms. The highest BCUT2D eigenvalue weighted by molar-refractivity contribution is 5.99. The number of nitrogens with zero attached hydrogens (tertiary/aromatic N) is 2. The lowest BCUT2D eigenvalue weighted by molar-refractivity contribution is 0.100. The summed E-state index contributed by atoms with van der Waals surface area (Å²) in [6.45, 7) is 4.00. The van der Waals surface area contributed by atoms with Crippen molar-refractivity contribution in [1.82, 2.24) is 0 Å². The third-order valence-electron chi connectivity index (χ3n) is 5.14. The maximum absolute atomic E-state index is 11.7. The van der Waals surface area contributed by atoms with E-state index in [-0.39, 0.29) is 0 Å². The first kappa shape index (κ1) is 17.2. The minimum atomic E-state index is -0.397. The van der Waals surface area contributed by atoms with Crippen LogP contribution in [0.3, 0.4) is 0 Å². The fourth-order valence-corrected chi connectivity index (χ4v) is 3.66. The number of hydrogen-bond donors (Lipinski definition) is 1. The summed E-state index contributed by atoms with van der Waals surface area (Å²) in [5.74, 6) is -0.397. The summed E-state index contributed by atoms with van der Waals surface area (Å²) in [7, 11) is 0. The van der Waals surface area contributed by atoms with Gasteiger partial charge in [-0.3, -0.25) is 4.79 Å². The molecule has 3 aromatic carbocycles. The monoisotopic (exact) mass is 357 g/mol. The van der Waals surface area contributed by atoms with E-state index < -0.39 is 5.91 Å². The second-order valence-corrected chi connectivity index (χ2v) is 6.77. The third-order valence-corrected chi connectivity index (χ3v) is 5.14. The topological polar surface area (TPSA) is 49.6 Å². The molecule has 0 aromatic heterocycles. The van der Waals surface area contributed by atoms with E-state index in [0.717, 1.165) is 37.3 Å². The molecular weight excluding hydrogens is 334 g/mol. The minimum Gasteiger partial charge on any atom is -0.368 e. The highest BCUT2D eigenvalue weighted by atomic mass is 16.1. The Labute approximate surface area is 159 Å². The largest absolute Gasteiger partial charge is 0.368 e. The molecule has 2 N–H and O–H groups in total. The standard InChI is InChI=1S/C23H23N3O/c24-23(27)22-9-5-4-8-21(22)18-10-12-20(13-11-18)26-16-14-25(15-17-26)19-6-2-1-3-7-19/h1-13H,14-17H2,(H2,24,27). The molecule has 4 heteroatoms. The zero-order valence-corrected chi connectivity index (χ0v) is 15.2. The third kappa shape index (κ3) is 3.65. The van der Waals surface area contributed by atoms with E-state index in [1.165, 1.54) is 11.4 Å². The molecule has 1 heterocycles. The van der Waals surface area contributed by atoms with Gasteiger partial charge in [0.25, 0.3) is 0 Å². The first-order valence-electron chi connectivity index (χ1n) is 9.26. The van der Waals surface area contributed by atoms with Crippen LogP contribution in [0, 0.1) is 0 Å². The summed E-state index contributed by atoms with van der Waals surface area (Å²) in [6.07, 6.45) is 0. The Hall–Kier alpha value is -3.27. The van der Waals surface area contributed by atoms with Crippen molar-refractivity contribution in [2.24, 2.45) is 5.73 Å². The molecule has 4 rings (SSSR count). The van der Waals surface area contributed by atoms with Crippen molar-refractivity contribution < 1.29 is 4.79 Å². The molecule has 0 saturated carbocycles. The average Bonchev–Trinajstić information content (AvgIpc) is 2.75. The highest BCUT2D eigenvalue weighted by Gasteiger charge is 2.17. The van der Waals surface area contributed by atoms with Gasteiger partial charge in [0.1, 0.15) is 0 Å². The van der Waals surface area contributed by atoms with E-state index in [9.17, 15) is 4.79 Å². The van der Waals surface area contributed by atoms with Crippen LogP contribution in [-0.4, -0.2) is 32.1 Å². The lowest BCUT2D eigenvalue weighted by Crippen LogP contribution is -2.46. The van der Waals surface area contributed by atoms with Crippen LogP contribution >= 0.6 is 0 Å². The van der Waals surface area contributed by atoms with Gasteiger partial charge in [-0.1, -0.05) is 48.5 Å². The van der Waals surface area contributed by atoms with Crippen molar-refractivity contribution in [2.45, 2.75) is 0 Å². The van der Waals surface area contributed by atoms with E-state index >= 15 is 0 Å². The number of benzene rings is 3. The molecule has 1 amide bonds. The van der Waals surface area contributed by atoms with E-state index in [2.05, 4.69) is 64.4 Å². The van der Waals surface area contributed by atoms with Gasteiger partial charge in [0.15, 0.2) is 0 Å². The van der Waals surface area contributed by atoms with Crippen LogP contribution < -0.4 is 15.5 Å². The first-order chi connectivity index (χ1) is 13.2. The Balaban J connectivity index is 1.47.